The molecule has 8 rings (SSSR count). The first-order valence-corrected chi connectivity index (χ1v) is 18.4. The number of rotatable bonds is 11. The number of pyridine rings is 2. The molecular formula is C42H41BrN4O5. The maximum absolute atomic E-state index is 11.8. The lowest BCUT2D eigenvalue weighted by molar-refractivity contribution is 0.0684. The molecule has 0 saturated heterocycles. The van der Waals surface area contributed by atoms with Crippen LogP contribution in [-0.4, -0.2) is 47.9 Å². The molecule has 0 bridgehead atoms. The van der Waals surface area contributed by atoms with Crippen LogP contribution in [0.5, 0.6) is 0 Å². The average molecular weight is 762 g/mol. The second kappa shape index (κ2) is 14.8. The van der Waals surface area contributed by atoms with E-state index in [2.05, 4.69) is 65.4 Å². The smallest absolute Gasteiger partial charge is 0.337 e. The summed E-state index contributed by atoms with van der Waals surface area (Å²) in [6, 6.07) is 16.1. The van der Waals surface area contributed by atoms with E-state index < -0.39 is 11.9 Å². The fraction of sp³-hybridized carbons (Fsp3) is 0.286. The quantitative estimate of drug-likeness (QED) is 0.126. The van der Waals surface area contributed by atoms with Gasteiger partial charge in [-0.15, -0.1) is 0 Å². The number of hydrogen-bond acceptors (Lipinski definition) is 5. The van der Waals surface area contributed by atoms with Gasteiger partial charge in [-0.3, -0.25) is 9.97 Å². The summed E-state index contributed by atoms with van der Waals surface area (Å²) in [5, 5.41) is 21.5. The van der Waals surface area contributed by atoms with Gasteiger partial charge < -0.3 is 24.1 Å². The number of carboxylic acid groups (broad SMARTS) is 2. The normalized spacial score (nSPS) is 14.2. The van der Waals surface area contributed by atoms with E-state index in [-0.39, 0.29) is 0 Å². The van der Waals surface area contributed by atoms with E-state index in [1.807, 2.05) is 57.9 Å². The number of carboxylic acids is 2. The van der Waals surface area contributed by atoms with Crippen molar-refractivity contribution >= 4 is 55.8 Å². The third-order valence-corrected chi connectivity index (χ3v) is 10.4. The van der Waals surface area contributed by atoms with E-state index in [4.69, 9.17) is 4.74 Å². The first-order chi connectivity index (χ1) is 25.1. The van der Waals surface area contributed by atoms with Crippen molar-refractivity contribution in [2.24, 2.45) is 14.1 Å². The van der Waals surface area contributed by atoms with Crippen LogP contribution in [0.3, 0.4) is 0 Å². The summed E-state index contributed by atoms with van der Waals surface area (Å²) >= 11 is 3.62. The highest BCUT2D eigenvalue weighted by atomic mass is 79.9. The second-order valence-electron chi connectivity index (χ2n) is 13.8. The number of ether oxygens (including phenoxy) is 1. The number of nitrogens with zero attached hydrogens (tertiary/aromatic N) is 4. The van der Waals surface area contributed by atoms with Crippen molar-refractivity contribution in [1.82, 2.24) is 19.1 Å². The summed E-state index contributed by atoms with van der Waals surface area (Å²) in [4.78, 5) is 32.4. The minimum Gasteiger partial charge on any atom is -0.501 e. The maximum atomic E-state index is 11.8. The number of aryl methyl sites for hydroxylation is 2. The molecule has 0 spiro atoms. The van der Waals surface area contributed by atoms with E-state index in [9.17, 15) is 19.8 Å². The van der Waals surface area contributed by atoms with Gasteiger partial charge in [0.25, 0.3) is 0 Å². The minimum absolute atomic E-state index is 0.309. The van der Waals surface area contributed by atoms with Gasteiger partial charge in [0.15, 0.2) is 0 Å². The molecule has 0 aliphatic heterocycles. The molecule has 4 heterocycles. The van der Waals surface area contributed by atoms with Crippen molar-refractivity contribution in [3.63, 3.8) is 0 Å². The predicted octanol–water partition coefficient (Wildman–Crippen LogP) is 9.25. The Balaban J connectivity index is 0.000000164. The van der Waals surface area contributed by atoms with Gasteiger partial charge in [-0.1, -0.05) is 0 Å². The van der Waals surface area contributed by atoms with Crippen molar-refractivity contribution in [3.05, 3.63) is 134 Å². The lowest BCUT2D eigenvalue weighted by Crippen LogP contribution is -2.07. The molecule has 9 nitrogen and oxygen atoms in total. The summed E-state index contributed by atoms with van der Waals surface area (Å²) in [7, 11) is 4.02. The fourth-order valence-corrected chi connectivity index (χ4v) is 7.68. The average Bonchev–Trinajstić information content (AvgIpc) is 4.06. The van der Waals surface area contributed by atoms with Crippen LogP contribution in [0.25, 0.3) is 27.9 Å². The lowest BCUT2D eigenvalue weighted by Gasteiger charge is -2.10. The summed E-state index contributed by atoms with van der Waals surface area (Å²) in [6.07, 6.45) is 16.9. The Kier molecular flexibility index (Phi) is 10.0. The number of aromatic nitrogens is 4. The van der Waals surface area contributed by atoms with E-state index >= 15 is 0 Å². The monoisotopic (exact) mass is 760 g/mol. The first-order valence-electron chi connectivity index (χ1n) is 17.6. The van der Waals surface area contributed by atoms with Crippen molar-refractivity contribution in [2.75, 3.05) is 6.61 Å². The highest BCUT2D eigenvalue weighted by molar-refractivity contribution is 9.10. The van der Waals surface area contributed by atoms with Gasteiger partial charge in [0.2, 0.25) is 0 Å². The van der Waals surface area contributed by atoms with Crippen LogP contribution in [0.4, 0.5) is 0 Å². The second-order valence-corrected chi connectivity index (χ2v) is 14.6. The molecule has 6 aromatic rings. The van der Waals surface area contributed by atoms with Crippen LogP contribution < -0.4 is 0 Å². The molecule has 52 heavy (non-hydrogen) atoms. The maximum Gasteiger partial charge on any atom is 0.337 e. The number of carbonyl (C=O) groups is 2. The van der Waals surface area contributed by atoms with Crippen LogP contribution >= 0.6 is 15.9 Å². The van der Waals surface area contributed by atoms with Crippen molar-refractivity contribution in [2.45, 2.75) is 57.3 Å². The Morgan fingerprint density at radius 3 is 1.79 bits per heavy atom. The van der Waals surface area contributed by atoms with E-state index in [0.29, 0.717) is 53.8 Å². The number of hydrogen-bond donors (Lipinski definition) is 2. The number of halogens is 1. The molecule has 2 aliphatic carbocycles. The largest absolute Gasteiger partial charge is 0.501 e. The van der Waals surface area contributed by atoms with E-state index in [0.717, 1.165) is 79.8 Å². The zero-order valence-electron chi connectivity index (χ0n) is 29.5. The molecule has 4 aromatic heterocycles. The van der Waals surface area contributed by atoms with Gasteiger partial charge in [0.1, 0.15) is 0 Å². The van der Waals surface area contributed by atoms with Gasteiger partial charge in [0.05, 0.1) is 46.4 Å². The van der Waals surface area contributed by atoms with Gasteiger partial charge >= 0.3 is 11.9 Å². The number of benzene rings is 2. The van der Waals surface area contributed by atoms with Crippen LogP contribution in [0, 0.1) is 0 Å². The van der Waals surface area contributed by atoms with E-state index in [1.165, 1.54) is 0 Å². The minimum atomic E-state index is -0.915. The topological polar surface area (TPSA) is 119 Å². The number of aromatic carboxylic acids is 2. The Morgan fingerprint density at radius 2 is 1.29 bits per heavy atom. The summed E-state index contributed by atoms with van der Waals surface area (Å²) in [5.74, 6) is -0.836. The zero-order chi connectivity index (χ0) is 36.5. The van der Waals surface area contributed by atoms with Gasteiger partial charge in [-0.05, 0) is 137 Å². The zero-order valence-corrected chi connectivity index (χ0v) is 31.1. The fourth-order valence-electron chi connectivity index (χ4n) is 6.88. The number of fused-ring (bicyclic) bond motifs is 2. The molecule has 0 amide bonds. The van der Waals surface area contributed by atoms with Gasteiger partial charge in [0, 0.05) is 72.5 Å². The van der Waals surface area contributed by atoms with Gasteiger partial charge in [-0.2, -0.15) is 0 Å². The SMILES string of the molecule is CCO/C=C/c1cc(Cc2ncc(C3CC3)cc2C(=O)O)cc2ccn(C)c12.Cn1ccc2cc(Cc3ncc(C4CC4)cc3C(=O)O)cc(Br)c21. The highest BCUT2D eigenvalue weighted by Gasteiger charge is 2.27. The van der Waals surface area contributed by atoms with Crippen LogP contribution in [-0.2, 0) is 31.7 Å². The summed E-state index contributed by atoms with van der Waals surface area (Å²) in [5.41, 5.74) is 9.33. The molecule has 2 fully saturated rings. The third kappa shape index (κ3) is 7.67. The van der Waals surface area contributed by atoms with E-state index in [1.54, 1.807) is 18.4 Å². The molecule has 0 unspecified atom stereocenters. The van der Waals surface area contributed by atoms with Crippen molar-refractivity contribution in [3.8, 4) is 0 Å². The molecule has 266 valence electrons. The molecule has 10 heteroatoms. The Hall–Kier alpha value is -5.22. The summed E-state index contributed by atoms with van der Waals surface area (Å²) in [6.45, 7) is 2.56. The highest BCUT2D eigenvalue weighted by Crippen LogP contribution is 2.41. The van der Waals surface area contributed by atoms with Crippen LogP contribution in [0.15, 0.2) is 84.1 Å². The van der Waals surface area contributed by atoms with Crippen molar-refractivity contribution in [1.29, 1.82) is 0 Å². The Bertz CT molecular complexity index is 2350. The Labute approximate surface area is 310 Å². The molecule has 0 atom stereocenters. The standard InChI is InChI=1S/C23H24N2O3.C19H17BrN2O2/c1-3-28-9-7-18-11-15(10-17-6-8-25(2)22(17)18)12-21-20(23(26)27)13-19(14-24-21)16-4-5-16;1-22-5-4-13-6-11(7-16(20)18(13)22)8-17-15(19(23)24)9-14(10-21-17)12-2-3-12/h6-11,13-14,16H,3-5,12H2,1-2H3,(H,26,27);4-7,9-10,12H,2-3,8H2,1H3,(H,23,24)/b9-7+;. The first kappa shape index (κ1) is 35.2. The lowest BCUT2D eigenvalue weighted by atomic mass is 9.99. The summed E-state index contributed by atoms with van der Waals surface area (Å²) < 4.78 is 10.5. The predicted molar refractivity (Wildman–Crippen MR) is 206 cm³/mol. The third-order valence-electron chi connectivity index (χ3n) is 9.84. The van der Waals surface area contributed by atoms with Crippen LogP contribution in [0.1, 0.15) is 104 Å². The molecule has 2 saturated carbocycles. The molecule has 2 N–H and O–H groups in total. The molecule has 2 aromatic carbocycles. The molecular weight excluding hydrogens is 720 g/mol. The molecule has 2 aliphatic rings. The van der Waals surface area contributed by atoms with Crippen molar-refractivity contribution < 1.29 is 24.5 Å². The Morgan fingerprint density at radius 1 is 0.788 bits per heavy atom. The molecule has 0 radical (unpaired) electrons. The van der Waals surface area contributed by atoms with Crippen LogP contribution in [0.2, 0.25) is 0 Å². The van der Waals surface area contributed by atoms with Gasteiger partial charge in [-0.25, -0.2) is 9.59 Å².